The molecule has 0 saturated heterocycles. The van der Waals surface area contributed by atoms with E-state index in [9.17, 15) is 4.79 Å². The van der Waals surface area contributed by atoms with Crippen LogP contribution >= 0.6 is 0 Å². The molecule has 0 aliphatic rings. The molecule has 0 aromatic rings. The summed E-state index contributed by atoms with van der Waals surface area (Å²) in [4.78, 5) is 10.1. The lowest BCUT2D eigenvalue weighted by molar-refractivity contribution is -0.124. The van der Waals surface area contributed by atoms with E-state index in [0.29, 0.717) is 5.57 Å². The van der Waals surface area contributed by atoms with Gasteiger partial charge in [-0.15, -0.1) is 0 Å². The molecule has 0 aliphatic carbocycles. The van der Waals surface area contributed by atoms with Gasteiger partial charge in [0, 0.05) is 0 Å². The van der Waals surface area contributed by atoms with Crippen molar-refractivity contribution in [3.63, 3.8) is 0 Å². The predicted octanol–water partition coefficient (Wildman–Crippen LogP) is -0.591. The van der Waals surface area contributed by atoms with E-state index in [4.69, 9.17) is 5.11 Å². The molecule has 0 aliphatic heterocycles. The van der Waals surface area contributed by atoms with E-state index < -0.39 is 12.0 Å². The van der Waals surface area contributed by atoms with Gasteiger partial charge in [-0.3, -0.25) is 4.79 Å². The molecule has 0 spiro atoms. The molecule has 1 atom stereocenters. The third-order valence-corrected chi connectivity index (χ3v) is 0.736. The molecular formula is C5H9NO2. The molecule has 0 aromatic carbocycles. The highest BCUT2D eigenvalue weighted by atomic mass is 16.3. The zero-order chi connectivity index (χ0) is 6.73. The number of hydrogen-bond acceptors (Lipinski definition) is 2. The highest BCUT2D eigenvalue weighted by molar-refractivity contribution is 5.81. The van der Waals surface area contributed by atoms with Crippen LogP contribution in [0.25, 0.3) is 0 Å². The first-order valence-electron chi connectivity index (χ1n) is 2.18. The van der Waals surface area contributed by atoms with E-state index in [-0.39, 0.29) is 0 Å². The Morgan fingerprint density at radius 1 is 1.88 bits per heavy atom. The zero-order valence-corrected chi connectivity index (χ0v) is 4.72. The fraction of sp³-hybridized carbons (Fsp3) is 0.400. The van der Waals surface area contributed by atoms with Crippen molar-refractivity contribution in [2.24, 2.45) is 5.73 Å². The van der Waals surface area contributed by atoms with Crippen LogP contribution in [0, 0.1) is 0 Å². The first-order valence-corrected chi connectivity index (χ1v) is 2.18. The average molecular weight is 115 g/mol. The number of rotatable bonds is 2. The number of amides is 1. The van der Waals surface area contributed by atoms with Crippen LogP contribution in [0.5, 0.6) is 0 Å². The Morgan fingerprint density at radius 2 is 2.25 bits per heavy atom. The first kappa shape index (κ1) is 7.17. The molecule has 3 N–H and O–H groups in total. The van der Waals surface area contributed by atoms with Gasteiger partial charge >= 0.3 is 0 Å². The van der Waals surface area contributed by atoms with Crippen molar-refractivity contribution in [3.05, 3.63) is 12.2 Å². The Balaban J connectivity index is 3.83. The molecule has 0 rings (SSSR count). The average Bonchev–Trinajstić information content (AvgIpc) is 1.64. The summed E-state index contributed by atoms with van der Waals surface area (Å²) < 4.78 is 0. The summed E-state index contributed by atoms with van der Waals surface area (Å²) in [5.41, 5.74) is 5.06. The monoisotopic (exact) mass is 115 g/mol. The molecule has 3 nitrogen and oxygen atoms in total. The molecule has 0 aromatic heterocycles. The largest absolute Gasteiger partial charge is 0.379 e. The van der Waals surface area contributed by atoms with E-state index in [2.05, 4.69) is 12.3 Å². The van der Waals surface area contributed by atoms with Crippen LogP contribution in [-0.2, 0) is 4.79 Å². The van der Waals surface area contributed by atoms with Crippen molar-refractivity contribution in [1.29, 1.82) is 0 Å². The van der Waals surface area contributed by atoms with Crippen LogP contribution in [-0.4, -0.2) is 17.1 Å². The van der Waals surface area contributed by atoms with Crippen LogP contribution < -0.4 is 5.73 Å². The van der Waals surface area contributed by atoms with Crippen LogP contribution in [0.2, 0.25) is 0 Å². The molecule has 0 saturated carbocycles. The van der Waals surface area contributed by atoms with Crippen molar-refractivity contribution in [2.75, 3.05) is 0 Å². The van der Waals surface area contributed by atoms with Crippen molar-refractivity contribution < 1.29 is 9.90 Å². The number of carbonyl (C=O) groups excluding carboxylic acids is 1. The summed E-state index contributed by atoms with van der Waals surface area (Å²) in [7, 11) is 0. The summed E-state index contributed by atoms with van der Waals surface area (Å²) in [5.74, 6) is -0.752. The van der Waals surface area contributed by atoms with E-state index in [1.165, 1.54) is 6.92 Å². The fourth-order valence-corrected chi connectivity index (χ4v) is 0.243. The number of nitrogens with two attached hydrogens (primary N) is 1. The fourth-order valence-electron chi connectivity index (χ4n) is 0.243. The van der Waals surface area contributed by atoms with Gasteiger partial charge in [0.05, 0.1) is 0 Å². The van der Waals surface area contributed by atoms with Gasteiger partial charge in [-0.25, -0.2) is 0 Å². The smallest absolute Gasteiger partial charge is 0.250 e. The maximum Gasteiger partial charge on any atom is 0.250 e. The van der Waals surface area contributed by atoms with Crippen molar-refractivity contribution in [1.82, 2.24) is 0 Å². The lowest BCUT2D eigenvalue weighted by atomic mass is 10.2. The third kappa shape index (κ3) is 1.75. The van der Waals surface area contributed by atoms with Gasteiger partial charge in [0.15, 0.2) is 6.10 Å². The highest BCUT2D eigenvalue weighted by Crippen LogP contribution is 1.93. The number of aliphatic hydroxyl groups excluding tert-OH is 1. The van der Waals surface area contributed by atoms with Gasteiger partial charge in [0.1, 0.15) is 0 Å². The molecule has 3 heteroatoms. The van der Waals surface area contributed by atoms with Crippen LogP contribution in [0.4, 0.5) is 0 Å². The van der Waals surface area contributed by atoms with E-state index in [0.717, 1.165) is 0 Å². The van der Waals surface area contributed by atoms with Gasteiger partial charge < -0.3 is 10.8 Å². The van der Waals surface area contributed by atoms with Crippen molar-refractivity contribution >= 4 is 5.91 Å². The van der Waals surface area contributed by atoms with Crippen LogP contribution in [0.1, 0.15) is 6.92 Å². The second-order valence-corrected chi connectivity index (χ2v) is 1.65. The van der Waals surface area contributed by atoms with Gasteiger partial charge in [0.2, 0.25) is 0 Å². The molecule has 1 unspecified atom stereocenters. The summed E-state index contributed by atoms with van der Waals surface area (Å²) >= 11 is 0. The Bertz CT molecular complexity index is 106. The Labute approximate surface area is 47.8 Å². The molecule has 46 valence electrons. The molecule has 0 radical (unpaired) electrons. The SMILES string of the molecule is C=C(C)C(O)C(N)=O. The molecule has 0 heterocycles. The number of carbonyl (C=O) groups is 1. The minimum atomic E-state index is -1.19. The quantitative estimate of drug-likeness (QED) is 0.472. The third-order valence-electron chi connectivity index (χ3n) is 0.736. The normalized spacial score (nSPS) is 12.8. The minimum absolute atomic E-state index is 0.373. The van der Waals surface area contributed by atoms with E-state index >= 15 is 0 Å². The Kier molecular flexibility index (Phi) is 2.21. The summed E-state index contributed by atoms with van der Waals surface area (Å²) in [6.07, 6.45) is -1.19. The van der Waals surface area contributed by atoms with Gasteiger partial charge in [-0.2, -0.15) is 0 Å². The first-order chi connectivity index (χ1) is 3.55. The molecule has 0 bridgehead atoms. The maximum atomic E-state index is 10.1. The second kappa shape index (κ2) is 2.47. The van der Waals surface area contributed by atoms with E-state index in [1.54, 1.807) is 0 Å². The Hall–Kier alpha value is -0.830. The number of primary amides is 1. The molecular weight excluding hydrogens is 106 g/mol. The van der Waals surface area contributed by atoms with E-state index in [1.807, 2.05) is 0 Å². The van der Waals surface area contributed by atoms with Gasteiger partial charge in [0.25, 0.3) is 5.91 Å². The minimum Gasteiger partial charge on any atom is -0.379 e. The zero-order valence-electron chi connectivity index (χ0n) is 4.72. The number of hydrogen-bond donors (Lipinski definition) is 2. The lowest BCUT2D eigenvalue weighted by Gasteiger charge is -2.01. The summed E-state index contributed by atoms with van der Waals surface area (Å²) in [6.45, 7) is 4.86. The molecule has 0 fully saturated rings. The maximum absolute atomic E-state index is 10.1. The number of aliphatic hydroxyl groups is 1. The van der Waals surface area contributed by atoms with Crippen molar-refractivity contribution in [3.8, 4) is 0 Å². The predicted molar refractivity (Wildman–Crippen MR) is 30.0 cm³/mol. The van der Waals surface area contributed by atoms with Crippen molar-refractivity contribution in [2.45, 2.75) is 13.0 Å². The Morgan fingerprint density at radius 3 is 2.25 bits per heavy atom. The second-order valence-electron chi connectivity index (χ2n) is 1.65. The lowest BCUT2D eigenvalue weighted by Crippen LogP contribution is -2.28. The summed E-state index contributed by atoms with van der Waals surface area (Å²) in [5, 5.41) is 8.63. The molecule has 8 heavy (non-hydrogen) atoms. The van der Waals surface area contributed by atoms with Gasteiger partial charge in [-0.05, 0) is 12.5 Å². The van der Waals surface area contributed by atoms with Crippen LogP contribution in [0.3, 0.4) is 0 Å². The highest BCUT2D eigenvalue weighted by Gasteiger charge is 2.09. The summed E-state index contributed by atoms with van der Waals surface area (Å²) in [6, 6.07) is 0. The van der Waals surface area contributed by atoms with Gasteiger partial charge in [-0.1, -0.05) is 6.58 Å². The standard InChI is InChI=1S/C5H9NO2/c1-3(2)4(7)5(6)8/h4,7H,1H2,2H3,(H2,6,8). The topological polar surface area (TPSA) is 63.3 Å². The van der Waals surface area contributed by atoms with Crippen LogP contribution in [0.15, 0.2) is 12.2 Å². The molecule has 1 amide bonds.